The number of aliphatic carboxylic acids is 1. The van der Waals surface area contributed by atoms with Crippen LogP contribution >= 0.6 is 11.8 Å². The van der Waals surface area contributed by atoms with Crippen molar-refractivity contribution in [2.45, 2.75) is 30.3 Å². The summed E-state index contributed by atoms with van der Waals surface area (Å²) in [6, 6.07) is 2.92. The van der Waals surface area contributed by atoms with Gasteiger partial charge in [-0.1, -0.05) is 11.8 Å². The molecule has 0 radical (unpaired) electrons. The van der Waals surface area contributed by atoms with Crippen molar-refractivity contribution in [1.82, 2.24) is 14.8 Å². The molecule has 126 valence electrons. The standard InChI is InChI=1S/C16H15N3O4S.Na.H/c1-8(20)18-7-9-6-11(24-10-2-4-17-5-3-10)13(16(22)23)19-12(9)14(18)15(19)21;;/h2-5,9,12,14H,6-7H2,1H3,(H,22,23);;/t9-,12-,14+;;/m1../s1. The van der Waals surface area contributed by atoms with Gasteiger partial charge in [0.25, 0.3) is 5.91 Å². The van der Waals surface area contributed by atoms with Crippen molar-refractivity contribution in [3.8, 4) is 0 Å². The van der Waals surface area contributed by atoms with E-state index in [2.05, 4.69) is 4.98 Å². The van der Waals surface area contributed by atoms with E-state index in [1.165, 1.54) is 23.6 Å². The zero-order chi connectivity index (χ0) is 17.0. The Morgan fingerprint density at radius 3 is 2.60 bits per heavy atom. The summed E-state index contributed by atoms with van der Waals surface area (Å²) in [6.45, 7) is 1.95. The van der Waals surface area contributed by atoms with Crippen LogP contribution in [0.15, 0.2) is 40.0 Å². The van der Waals surface area contributed by atoms with Crippen LogP contribution in [0.2, 0.25) is 0 Å². The minimum atomic E-state index is -1.10. The number of amides is 2. The van der Waals surface area contributed by atoms with Gasteiger partial charge in [-0.2, -0.15) is 0 Å². The van der Waals surface area contributed by atoms with Crippen molar-refractivity contribution < 1.29 is 19.5 Å². The fourth-order valence-electron chi connectivity index (χ4n) is 3.85. The molecule has 9 heteroatoms. The minimum absolute atomic E-state index is 0. The number of carbonyl (C=O) groups is 3. The van der Waals surface area contributed by atoms with E-state index in [0.29, 0.717) is 17.9 Å². The Morgan fingerprint density at radius 1 is 1.32 bits per heavy atom. The molecule has 7 nitrogen and oxygen atoms in total. The first-order valence-corrected chi connectivity index (χ1v) is 8.45. The third-order valence-corrected chi connectivity index (χ3v) is 5.93. The number of thioether (sulfide) groups is 1. The molecule has 25 heavy (non-hydrogen) atoms. The van der Waals surface area contributed by atoms with Crippen LogP contribution in [-0.2, 0) is 14.4 Å². The maximum absolute atomic E-state index is 12.5. The van der Waals surface area contributed by atoms with E-state index in [1.54, 1.807) is 29.4 Å². The van der Waals surface area contributed by atoms with Crippen LogP contribution in [0.4, 0.5) is 0 Å². The van der Waals surface area contributed by atoms with Crippen molar-refractivity contribution in [1.29, 1.82) is 0 Å². The van der Waals surface area contributed by atoms with E-state index < -0.39 is 12.0 Å². The van der Waals surface area contributed by atoms with Gasteiger partial charge < -0.3 is 10.0 Å². The molecule has 3 atom stereocenters. The molecule has 1 aromatic heterocycles. The number of carbonyl (C=O) groups excluding carboxylic acids is 2. The number of allylic oxidation sites excluding steroid dienone is 1. The van der Waals surface area contributed by atoms with E-state index in [-0.39, 0.29) is 59.0 Å². The van der Waals surface area contributed by atoms with Gasteiger partial charge >= 0.3 is 35.5 Å². The Balaban J connectivity index is 0.00000182. The predicted octanol–water partition coefficient (Wildman–Crippen LogP) is 0.283. The van der Waals surface area contributed by atoms with Crippen LogP contribution in [0.5, 0.6) is 0 Å². The monoisotopic (exact) mass is 369 g/mol. The molecule has 0 saturated carbocycles. The zero-order valence-corrected chi connectivity index (χ0v) is 13.7. The molecule has 1 aromatic rings. The van der Waals surface area contributed by atoms with Gasteiger partial charge in [0.15, 0.2) is 0 Å². The molecule has 0 unspecified atom stereocenters. The van der Waals surface area contributed by atoms with Gasteiger partial charge in [-0.05, 0) is 18.6 Å². The van der Waals surface area contributed by atoms with Gasteiger partial charge in [-0.15, -0.1) is 0 Å². The molecule has 2 fully saturated rings. The molecule has 0 aliphatic carbocycles. The van der Waals surface area contributed by atoms with E-state index in [0.717, 1.165) is 4.90 Å². The Labute approximate surface area is 170 Å². The van der Waals surface area contributed by atoms with Gasteiger partial charge in [-0.25, -0.2) is 4.79 Å². The molecule has 4 rings (SSSR count). The number of carboxylic acids is 1. The average molecular weight is 369 g/mol. The SMILES string of the molecule is CC(=O)N1C[C@H]2CC(Sc3ccncc3)=C(C(=O)O)N3C(=O)[C@@H]1[C@@H]23.[NaH]. The van der Waals surface area contributed by atoms with Crippen molar-refractivity contribution >= 4 is 59.1 Å². The summed E-state index contributed by atoms with van der Waals surface area (Å²) in [7, 11) is 0. The zero-order valence-electron chi connectivity index (χ0n) is 12.9. The number of aromatic nitrogens is 1. The summed E-state index contributed by atoms with van der Waals surface area (Å²) in [5.41, 5.74) is 0.0599. The molecule has 2 amide bonds. The first kappa shape index (κ1) is 18.4. The second-order valence-electron chi connectivity index (χ2n) is 6.14. The van der Waals surface area contributed by atoms with Crippen LogP contribution in [0.3, 0.4) is 0 Å². The molecule has 3 aliphatic rings. The normalized spacial score (nSPS) is 26.8. The van der Waals surface area contributed by atoms with E-state index in [9.17, 15) is 19.5 Å². The Bertz CT molecular complexity index is 785. The second-order valence-corrected chi connectivity index (χ2v) is 7.31. The third-order valence-electron chi connectivity index (χ3n) is 4.81. The summed E-state index contributed by atoms with van der Waals surface area (Å²) >= 11 is 1.35. The molecular weight excluding hydrogens is 353 g/mol. The van der Waals surface area contributed by atoms with Gasteiger partial charge in [0.1, 0.15) is 11.7 Å². The second kappa shape index (κ2) is 6.75. The van der Waals surface area contributed by atoms with Crippen molar-refractivity contribution in [2.75, 3.05) is 6.54 Å². The number of hydrogen-bond acceptors (Lipinski definition) is 5. The molecular formula is C16H16N3NaO4S. The topological polar surface area (TPSA) is 90.8 Å². The molecule has 2 saturated heterocycles. The molecule has 1 N–H and O–H groups in total. The Hall–Kier alpha value is -1.35. The Morgan fingerprint density at radius 2 is 2.00 bits per heavy atom. The van der Waals surface area contributed by atoms with Crippen LogP contribution in [0.25, 0.3) is 0 Å². The number of nitrogens with zero attached hydrogens (tertiary/aromatic N) is 3. The van der Waals surface area contributed by atoms with Crippen LogP contribution < -0.4 is 0 Å². The molecule has 3 aliphatic heterocycles. The van der Waals surface area contributed by atoms with Crippen LogP contribution in [0.1, 0.15) is 13.3 Å². The van der Waals surface area contributed by atoms with Gasteiger partial charge in [-0.3, -0.25) is 19.5 Å². The number of β-lactam (4-membered cyclic amide) rings is 1. The average Bonchev–Trinajstić information content (AvgIpc) is 2.91. The third kappa shape index (κ3) is 2.81. The number of hydrogen-bond donors (Lipinski definition) is 1. The van der Waals surface area contributed by atoms with Crippen molar-refractivity contribution in [3.05, 3.63) is 35.1 Å². The van der Waals surface area contributed by atoms with Gasteiger partial charge in [0.2, 0.25) is 5.91 Å². The van der Waals surface area contributed by atoms with Gasteiger partial charge in [0, 0.05) is 41.6 Å². The first-order chi connectivity index (χ1) is 11.5. The fraction of sp³-hybridized carbons (Fsp3) is 0.375. The number of rotatable bonds is 3. The maximum atomic E-state index is 12.5. The molecule has 0 spiro atoms. The van der Waals surface area contributed by atoms with Gasteiger partial charge in [0.05, 0.1) is 6.04 Å². The number of likely N-dealkylation sites (tertiary alicyclic amines) is 1. The summed E-state index contributed by atoms with van der Waals surface area (Å²) in [4.78, 5) is 44.5. The van der Waals surface area contributed by atoms with Crippen molar-refractivity contribution in [3.63, 3.8) is 0 Å². The quantitative estimate of drug-likeness (QED) is 0.608. The molecule has 4 heterocycles. The number of pyridine rings is 1. The Kier molecular flexibility index (Phi) is 4.98. The fourth-order valence-corrected chi connectivity index (χ4v) is 4.98. The van der Waals surface area contributed by atoms with Crippen LogP contribution in [0, 0.1) is 5.92 Å². The van der Waals surface area contributed by atoms with Crippen molar-refractivity contribution in [2.24, 2.45) is 5.92 Å². The first-order valence-electron chi connectivity index (χ1n) is 7.63. The van der Waals surface area contributed by atoms with Crippen LogP contribution in [-0.4, -0.2) is 85.9 Å². The summed E-state index contributed by atoms with van der Waals surface area (Å²) < 4.78 is 0. The number of carboxylic acid groups (broad SMARTS) is 1. The molecule has 0 bridgehead atoms. The van der Waals surface area contributed by atoms with E-state index in [1.807, 2.05) is 0 Å². The summed E-state index contributed by atoms with van der Waals surface area (Å²) in [6.07, 6.45) is 3.85. The summed E-state index contributed by atoms with van der Waals surface area (Å²) in [5, 5.41) is 9.64. The summed E-state index contributed by atoms with van der Waals surface area (Å²) in [5.74, 6) is -1.44. The van der Waals surface area contributed by atoms with E-state index >= 15 is 0 Å². The van der Waals surface area contributed by atoms with E-state index in [4.69, 9.17) is 0 Å². The molecule has 0 aromatic carbocycles. The predicted molar refractivity (Wildman–Crippen MR) is 91.8 cm³/mol.